The first-order valence-electron chi connectivity index (χ1n) is 8.14. The number of urea groups is 1. The molecular weight excluding hydrogens is 336 g/mol. The Morgan fingerprint density at radius 3 is 1.23 bits per heavy atom. The van der Waals surface area contributed by atoms with E-state index in [2.05, 4.69) is 0 Å². The van der Waals surface area contributed by atoms with E-state index in [-0.39, 0.29) is 17.2 Å². The van der Waals surface area contributed by atoms with Gasteiger partial charge < -0.3 is 10.2 Å². The molecule has 0 aromatic heterocycles. The van der Waals surface area contributed by atoms with Crippen LogP contribution in [0.2, 0.25) is 0 Å². The molecular formula is C19H20N2O5. The smallest absolute Gasteiger partial charge is 0.335 e. The van der Waals surface area contributed by atoms with E-state index in [1.54, 1.807) is 24.3 Å². The lowest BCUT2D eigenvalue weighted by molar-refractivity contribution is 0.0686. The van der Waals surface area contributed by atoms with Crippen LogP contribution < -0.4 is 9.80 Å². The van der Waals surface area contributed by atoms with Gasteiger partial charge in [0.05, 0.1) is 11.1 Å². The van der Waals surface area contributed by atoms with Gasteiger partial charge in [-0.05, 0) is 62.4 Å². The van der Waals surface area contributed by atoms with Gasteiger partial charge in [0, 0.05) is 24.5 Å². The molecule has 0 aliphatic rings. The van der Waals surface area contributed by atoms with Gasteiger partial charge in [0.15, 0.2) is 0 Å². The highest BCUT2D eigenvalue weighted by Gasteiger charge is 2.22. The lowest BCUT2D eigenvalue weighted by Crippen LogP contribution is -2.43. The van der Waals surface area contributed by atoms with Gasteiger partial charge in [-0.2, -0.15) is 0 Å². The summed E-state index contributed by atoms with van der Waals surface area (Å²) in [5.41, 5.74) is 1.47. The number of aromatic carboxylic acids is 2. The van der Waals surface area contributed by atoms with E-state index in [0.717, 1.165) is 0 Å². The summed E-state index contributed by atoms with van der Waals surface area (Å²) in [6.07, 6.45) is 0. The van der Waals surface area contributed by atoms with E-state index in [0.29, 0.717) is 24.5 Å². The van der Waals surface area contributed by atoms with Crippen molar-refractivity contribution in [3.8, 4) is 0 Å². The minimum atomic E-state index is -1.03. The molecule has 0 unspecified atom stereocenters. The van der Waals surface area contributed by atoms with Crippen molar-refractivity contribution in [2.45, 2.75) is 13.8 Å². The standard InChI is InChI=1S/C19H20N2O5/c1-3-20(15-9-5-13(6-10-15)17(22)23)19(26)21(4-2)16-11-7-14(8-12-16)18(24)25/h5-12H,3-4H2,1-2H3,(H,22,23)(H,24,25). The summed E-state index contributed by atoms with van der Waals surface area (Å²) in [7, 11) is 0. The van der Waals surface area contributed by atoms with Crippen molar-refractivity contribution >= 4 is 29.3 Å². The van der Waals surface area contributed by atoms with Crippen LogP contribution in [-0.4, -0.2) is 41.3 Å². The topological polar surface area (TPSA) is 98.2 Å². The summed E-state index contributed by atoms with van der Waals surface area (Å²) in [6, 6.07) is 11.9. The Labute approximate surface area is 151 Å². The van der Waals surface area contributed by atoms with Crippen LogP contribution >= 0.6 is 0 Å². The monoisotopic (exact) mass is 356 g/mol. The molecule has 0 bridgehead atoms. The number of nitrogens with zero attached hydrogens (tertiary/aromatic N) is 2. The van der Waals surface area contributed by atoms with E-state index in [4.69, 9.17) is 10.2 Å². The number of carboxylic acid groups (broad SMARTS) is 2. The van der Waals surface area contributed by atoms with Crippen molar-refractivity contribution in [1.29, 1.82) is 0 Å². The van der Waals surface area contributed by atoms with Crippen molar-refractivity contribution < 1.29 is 24.6 Å². The Morgan fingerprint density at radius 2 is 1.00 bits per heavy atom. The Kier molecular flexibility index (Phi) is 5.95. The number of rotatable bonds is 6. The summed E-state index contributed by atoms with van der Waals surface area (Å²) in [6.45, 7) is 4.44. The fourth-order valence-electron chi connectivity index (χ4n) is 2.57. The molecule has 2 N–H and O–H groups in total. The highest BCUT2D eigenvalue weighted by molar-refractivity contribution is 6.04. The second-order valence-electron chi connectivity index (χ2n) is 5.48. The average Bonchev–Trinajstić information content (AvgIpc) is 2.64. The third-order valence-electron chi connectivity index (χ3n) is 3.95. The molecule has 0 fully saturated rings. The summed E-state index contributed by atoms with van der Waals surface area (Å²) in [5, 5.41) is 18.0. The Balaban J connectivity index is 2.29. The zero-order chi connectivity index (χ0) is 19.3. The highest BCUT2D eigenvalue weighted by atomic mass is 16.4. The SMILES string of the molecule is CCN(C(=O)N(CC)c1ccc(C(=O)O)cc1)c1ccc(C(=O)O)cc1. The highest BCUT2D eigenvalue weighted by Crippen LogP contribution is 2.21. The maximum atomic E-state index is 13.0. The van der Waals surface area contributed by atoms with Gasteiger partial charge in [-0.25, -0.2) is 14.4 Å². The van der Waals surface area contributed by atoms with Crippen molar-refractivity contribution in [2.24, 2.45) is 0 Å². The molecule has 0 saturated carbocycles. The van der Waals surface area contributed by atoms with Crippen LogP contribution in [0.1, 0.15) is 34.6 Å². The molecule has 2 aromatic rings. The first kappa shape index (κ1) is 19.0. The lowest BCUT2D eigenvalue weighted by atomic mass is 10.2. The number of carbonyl (C=O) groups excluding carboxylic acids is 1. The number of carboxylic acids is 2. The molecule has 0 aliphatic carbocycles. The molecule has 7 heteroatoms. The molecule has 2 rings (SSSR count). The van der Waals surface area contributed by atoms with Crippen LogP contribution in [0.4, 0.5) is 16.2 Å². The molecule has 26 heavy (non-hydrogen) atoms. The number of hydrogen-bond donors (Lipinski definition) is 2. The first-order valence-corrected chi connectivity index (χ1v) is 8.14. The van der Waals surface area contributed by atoms with Gasteiger partial charge in [0.2, 0.25) is 0 Å². The number of anilines is 2. The fraction of sp³-hybridized carbons (Fsp3) is 0.211. The maximum absolute atomic E-state index is 13.0. The molecule has 0 radical (unpaired) electrons. The largest absolute Gasteiger partial charge is 0.478 e. The number of carbonyl (C=O) groups is 3. The second kappa shape index (κ2) is 8.15. The molecule has 7 nitrogen and oxygen atoms in total. The number of hydrogen-bond acceptors (Lipinski definition) is 3. The Bertz CT molecular complexity index is 732. The van der Waals surface area contributed by atoms with Gasteiger partial charge in [-0.3, -0.25) is 9.80 Å². The van der Waals surface area contributed by atoms with Gasteiger partial charge in [-0.15, -0.1) is 0 Å². The van der Waals surface area contributed by atoms with Crippen LogP contribution in [0, 0.1) is 0 Å². The molecule has 0 heterocycles. The van der Waals surface area contributed by atoms with Gasteiger partial charge in [-0.1, -0.05) is 0 Å². The Hall–Kier alpha value is -3.35. The predicted molar refractivity (Wildman–Crippen MR) is 98.2 cm³/mol. The van der Waals surface area contributed by atoms with E-state index in [9.17, 15) is 14.4 Å². The first-order chi connectivity index (χ1) is 12.4. The second-order valence-corrected chi connectivity index (χ2v) is 5.48. The molecule has 0 spiro atoms. The predicted octanol–water partition coefficient (Wildman–Crippen LogP) is 3.56. The molecule has 0 aliphatic heterocycles. The van der Waals surface area contributed by atoms with Gasteiger partial charge in [0.25, 0.3) is 0 Å². The zero-order valence-corrected chi connectivity index (χ0v) is 14.5. The van der Waals surface area contributed by atoms with E-state index < -0.39 is 11.9 Å². The summed E-state index contributed by atoms with van der Waals surface area (Å²) in [5.74, 6) is -2.06. The molecule has 136 valence electrons. The zero-order valence-electron chi connectivity index (χ0n) is 14.5. The van der Waals surface area contributed by atoms with Crippen LogP contribution in [0.25, 0.3) is 0 Å². The van der Waals surface area contributed by atoms with E-state index in [1.165, 1.54) is 34.1 Å². The van der Waals surface area contributed by atoms with E-state index in [1.807, 2.05) is 13.8 Å². The van der Waals surface area contributed by atoms with Gasteiger partial charge in [0.1, 0.15) is 0 Å². The molecule has 0 saturated heterocycles. The average molecular weight is 356 g/mol. The van der Waals surface area contributed by atoms with E-state index >= 15 is 0 Å². The summed E-state index contributed by atoms with van der Waals surface area (Å²) < 4.78 is 0. The van der Waals surface area contributed by atoms with Crippen LogP contribution in [-0.2, 0) is 0 Å². The summed E-state index contributed by atoms with van der Waals surface area (Å²) in [4.78, 5) is 38.0. The minimum absolute atomic E-state index is 0.147. The summed E-state index contributed by atoms with van der Waals surface area (Å²) >= 11 is 0. The normalized spacial score (nSPS) is 10.2. The quantitative estimate of drug-likeness (QED) is 0.825. The van der Waals surface area contributed by atoms with Gasteiger partial charge >= 0.3 is 18.0 Å². The third-order valence-corrected chi connectivity index (χ3v) is 3.95. The van der Waals surface area contributed by atoms with Crippen LogP contribution in [0.5, 0.6) is 0 Å². The van der Waals surface area contributed by atoms with Crippen LogP contribution in [0.3, 0.4) is 0 Å². The lowest BCUT2D eigenvalue weighted by Gasteiger charge is -2.29. The molecule has 2 aromatic carbocycles. The molecule has 0 atom stereocenters. The fourth-order valence-corrected chi connectivity index (χ4v) is 2.57. The number of benzene rings is 2. The minimum Gasteiger partial charge on any atom is -0.478 e. The molecule has 2 amide bonds. The maximum Gasteiger partial charge on any atom is 0.335 e. The van der Waals surface area contributed by atoms with Crippen molar-refractivity contribution in [2.75, 3.05) is 22.9 Å². The van der Waals surface area contributed by atoms with Crippen molar-refractivity contribution in [3.05, 3.63) is 59.7 Å². The third kappa shape index (κ3) is 4.00. The van der Waals surface area contributed by atoms with Crippen molar-refractivity contribution in [1.82, 2.24) is 0 Å². The number of amides is 2. The van der Waals surface area contributed by atoms with Crippen molar-refractivity contribution in [3.63, 3.8) is 0 Å². The Morgan fingerprint density at radius 1 is 0.692 bits per heavy atom. The van der Waals surface area contributed by atoms with Crippen LogP contribution in [0.15, 0.2) is 48.5 Å².